The fraction of sp³-hybridized carbons (Fsp3) is 0.375. The van der Waals surface area contributed by atoms with Crippen LogP contribution in [0.5, 0.6) is 11.5 Å². The third-order valence-electron chi connectivity index (χ3n) is 5.02. The molecule has 2 aromatic carbocycles. The molecule has 1 unspecified atom stereocenters. The van der Waals surface area contributed by atoms with Gasteiger partial charge in [-0.3, -0.25) is 15.0 Å². The second-order valence-corrected chi connectivity index (χ2v) is 7.97. The molecule has 0 aliphatic rings. The summed E-state index contributed by atoms with van der Waals surface area (Å²) >= 11 is 6.25. The third-order valence-corrected chi connectivity index (χ3v) is 5.31. The van der Waals surface area contributed by atoms with Gasteiger partial charge in [0.2, 0.25) is 0 Å². The number of halogens is 3. The molecule has 202 valence electrons. The highest BCUT2D eigenvalue weighted by molar-refractivity contribution is 6.21. The highest BCUT2D eigenvalue weighted by Crippen LogP contribution is 2.31. The molecule has 37 heavy (non-hydrogen) atoms. The molecule has 13 heteroatoms. The molecule has 0 spiro atoms. The van der Waals surface area contributed by atoms with Gasteiger partial charge in [0.25, 0.3) is 11.8 Å². The summed E-state index contributed by atoms with van der Waals surface area (Å²) in [4.78, 5) is 25.2. The Kier molecular flexibility index (Phi) is 11.5. The average Bonchev–Trinajstić information content (AvgIpc) is 2.86. The molecule has 0 aliphatic heterocycles. The number of methoxy groups -OCH3 is 2. The zero-order chi connectivity index (χ0) is 27.5. The number of benzene rings is 2. The quantitative estimate of drug-likeness (QED) is 0.144. The summed E-state index contributed by atoms with van der Waals surface area (Å²) < 4.78 is 50.7. The molecule has 4 N–H and O–H groups in total. The summed E-state index contributed by atoms with van der Waals surface area (Å²) in [5, 5.41) is 10.2. The Morgan fingerprint density at radius 2 is 1.86 bits per heavy atom. The van der Waals surface area contributed by atoms with Crippen LogP contribution >= 0.6 is 11.8 Å². The van der Waals surface area contributed by atoms with E-state index in [1.807, 2.05) is 0 Å². The molecule has 10 nitrogen and oxygen atoms in total. The Hall–Kier alpha value is -3.48. The topological polar surface area (TPSA) is 136 Å². The smallest absolute Gasteiger partial charge is 0.271 e. The summed E-state index contributed by atoms with van der Waals surface area (Å²) in [6, 6.07) is 6.28. The van der Waals surface area contributed by atoms with Gasteiger partial charge < -0.3 is 30.0 Å². The fourth-order valence-corrected chi connectivity index (χ4v) is 3.42. The molecule has 1 atom stereocenters. The van der Waals surface area contributed by atoms with Crippen LogP contribution in [0, 0.1) is 17.0 Å². The summed E-state index contributed by atoms with van der Waals surface area (Å²) in [7, 11) is 2.74. The number of ether oxygens (including phenoxy) is 4. The van der Waals surface area contributed by atoms with E-state index in [1.165, 1.54) is 32.4 Å². The largest absolute Gasteiger partial charge is 0.497 e. The van der Waals surface area contributed by atoms with E-state index >= 15 is 0 Å². The molecule has 0 radical (unpaired) electrons. The molecule has 0 bridgehead atoms. The Morgan fingerprint density at radius 1 is 1.19 bits per heavy atom. The molecule has 2 aromatic rings. The van der Waals surface area contributed by atoms with Crippen LogP contribution in [-0.2, 0) is 25.6 Å². The number of hydrogen-bond acceptors (Lipinski definition) is 7. The van der Waals surface area contributed by atoms with Crippen molar-refractivity contribution in [2.75, 3.05) is 40.6 Å². The van der Waals surface area contributed by atoms with E-state index in [9.17, 15) is 18.4 Å². The third kappa shape index (κ3) is 8.27. The molecule has 2 amide bonds. The van der Waals surface area contributed by atoms with Crippen molar-refractivity contribution >= 4 is 29.4 Å². The zero-order valence-electron chi connectivity index (χ0n) is 20.6. The lowest BCUT2D eigenvalue weighted by Gasteiger charge is -2.23. The van der Waals surface area contributed by atoms with Crippen LogP contribution < -0.4 is 20.5 Å². The van der Waals surface area contributed by atoms with Gasteiger partial charge in [0.1, 0.15) is 29.0 Å². The van der Waals surface area contributed by atoms with Crippen molar-refractivity contribution in [2.24, 2.45) is 5.73 Å². The molecule has 0 saturated carbocycles. The van der Waals surface area contributed by atoms with E-state index in [0.717, 1.165) is 12.1 Å². The fourth-order valence-electron chi connectivity index (χ4n) is 3.20. The second-order valence-electron chi connectivity index (χ2n) is 7.57. The van der Waals surface area contributed by atoms with Crippen LogP contribution in [0.2, 0.25) is 0 Å². The molecule has 0 aromatic heterocycles. The first kappa shape index (κ1) is 29.7. The van der Waals surface area contributed by atoms with Gasteiger partial charge in [-0.15, -0.1) is 0 Å². The predicted molar refractivity (Wildman–Crippen MR) is 132 cm³/mol. The van der Waals surface area contributed by atoms with Crippen LogP contribution in [0.15, 0.2) is 30.3 Å². The molecule has 0 saturated heterocycles. The lowest BCUT2D eigenvalue weighted by molar-refractivity contribution is -0.140. The molecular weight excluding hydrogens is 514 g/mol. The number of hydrogen-bond donors (Lipinski definition) is 3. The molecule has 0 heterocycles. The van der Waals surface area contributed by atoms with Gasteiger partial charge in [-0.1, -0.05) is 12.1 Å². The van der Waals surface area contributed by atoms with Gasteiger partial charge in [0.15, 0.2) is 12.7 Å². The predicted octanol–water partition coefficient (Wildman–Crippen LogP) is 2.66. The van der Waals surface area contributed by atoms with E-state index in [1.54, 1.807) is 6.92 Å². The Bertz CT molecular complexity index is 1100. The summed E-state index contributed by atoms with van der Waals surface area (Å²) in [5.41, 5.74) is 5.58. The maximum atomic E-state index is 14.7. The monoisotopic (exact) mass is 542 g/mol. The number of nitrogens with one attached hydrogen (secondary N) is 2. The van der Waals surface area contributed by atoms with Crippen LogP contribution in [-0.4, -0.2) is 62.7 Å². The van der Waals surface area contributed by atoms with Gasteiger partial charge in [-0.05, 0) is 13.0 Å². The number of rotatable bonds is 14. The minimum atomic E-state index is -1.68. The SMILES string of the molecule is CCOC(C(=O)N(Cl)Cc1ccc(C(=N)N)cc1OCC(=O)NCCOC)c1c(F)cc(OC)cc1F. The second kappa shape index (κ2) is 14.3. The van der Waals surface area contributed by atoms with E-state index in [4.69, 9.17) is 41.9 Å². The van der Waals surface area contributed by atoms with Crippen molar-refractivity contribution in [3.05, 3.63) is 58.7 Å². The minimum Gasteiger partial charge on any atom is -0.497 e. The van der Waals surface area contributed by atoms with E-state index in [2.05, 4.69) is 5.32 Å². The van der Waals surface area contributed by atoms with Crippen molar-refractivity contribution < 1.29 is 37.3 Å². The molecule has 0 aliphatic carbocycles. The average molecular weight is 543 g/mol. The lowest BCUT2D eigenvalue weighted by Crippen LogP contribution is -2.32. The summed E-state index contributed by atoms with van der Waals surface area (Å²) in [5.74, 6) is -3.64. The van der Waals surface area contributed by atoms with Gasteiger partial charge in [0, 0.05) is 55.3 Å². The number of nitrogen functional groups attached to an aromatic ring is 1. The number of amidine groups is 1. The lowest BCUT2D eigenvalue weighted by atomic mass is 10.1. The Morgan fingerprint density at radius 3 is 2.43 bits per heavy atom. The first-order valence-corrected chi connectivity index (χ1v) is 11.4. The standard InChI is InChI=1S/C24H29ClF2N4O6/c1-4-36-22(21-17(26)10-16(35-3)11-18(21)27)24(33)31(25)12-15-6-5-14(23(28)29)9-19(15)37-13-20(32)30-7-8-34-2/h5-6,9-11,22H,4,7-8,12-13H2,1-3H3,(H3,28,29)(H,30,32). The van der Waals surface area contributed by atoms with Crippen LogP contribution in [0.3, 0.4) is 0 Å². The molecular formula is C24H29ClF2N4O6. The highest BCUT2D eigenvalue weighted by Gasteiger charge is 2.32. The van der Waals surface area contributed by atoms with E-state index in [0.29, 0.717) is 22.2 Å². The highest BCUT2D eigenvalue weighted by atomic mass is 35.5. The zero-order valence-corrected chi connectivity index (χ0v) is 21.4. The normalized spacial score (nSPS) is 11.5. The van der Waals surface area contributed by atoms with Crippen LogP contribution in [0.25, 0.3) is 0 Å². The van der Waals surface area contributed by atoms with Gasteiger partial charge in [-0.2, -0.15) is 0 Å². The van der Waals surface area contributed by atoms with E-state index < -0.39 is 35.1 Å². The first-order valence-electron chi connectivity index (χ1n) is 11.1. The van der Waals surface area contributed by atoms with Crippen LogP contribution in [0.1, 0.15) is 29.7 Å². The first-order chi connectivity index (χ1) is 17.6. The maximum absolute atomic E-state index is 14.7. The van der Waals surface area contributed by atoms with Gasteiger partial charge >= 0.3 is 0 Å². The Labute approximate surface area is 218 Å². The van der Waals surface area contributed by atoms with Gasteiger partial charge in [-0.25, -0.2) is 13.2 Å². The van der Waals surface area contributed by atoms with Crippen molar-refractivity contribution in [1.82, 2.24) is 9.74 Å². The number of carbonyl (C=O) groups excluding carboxylic acids is 2. The van der Waals surface area contributed by atoms with E-state index in [-0.39, 0.29) is 43.6 Å². The number of nitrogens with zero attached hydrogens (tertiary/aromatic N) is 1. The minimum absolute atomic E-state index is 0.0358. The van der Waals surface area contributed by atoms with Gasteiger partial charge in [0.05, 0.1) is 25.8 Å². The maximum Gasteiger partial charge on any atom is 0.271 e. The van der Waals surface area contributed by atoms with Crippen molar-refractivity contribution in [2.45, 2.75) is 19.6 Å². The number of amides is 2. The molecule has 0 fully saturated rings. The van der Waals surface area contributed by atoms with Crippen molar-refractivity contribution in [3.8, 4) is 11.5 Å². The summed E-state index contributed by atoms with van der Waals surface area (Å²) in [6.45, 7) is 1.45. The van der Waals surface area contributed by atoms with Crippen LogP contribution in [0.4, 0.5) is 8.78 Å². The molecule has 2 rings (SSSR count). The number of nitrogens with two attached hydrogens (primary N) is 1. The van der Waals surface area contributed by atoms with Crippen molar-refractivity contribution in [1.29, 1.82) is 5.41 Å². The summed E-state index contributed by atoms with van der Waals surface area (Å²) in [6.07, 6.45) is -1.68. The number of carbonyl (C=O) groups is 2. The Balaban J connectivity index is 2.28. The van der Waals surface area contributed by atoms with Crippen molar-refractivity contribution in [3.63, 3.8) is 0 Å².